The number of nitrogens with zero attached hydrogens (tertiary/aromatic N) is 2. The van der Waals surface area contributed by atoms with Gasteiger partial charge in [-0.15, -0.1) is 0 Å². The highest BCUT2D eigenvalue weighted by Crippen LogP contribution is 2.11. The third-order valence-corrected chi connectivity index (χ3v) is 4.29. The third kappa shape index (κ3) is 8.65. The summed E-state index contributed by atoms with van der Waals surface area (Å²) < 4.78 is 0. The van der Waals surface area contributed by atoms with Crippen LogP contribution in [0.4, 0.5) is 0 Å². The van der Waals surface area contributed by atoms with Crippen LogP contribution in [0.25, 0.3) is 0 Å². The summed E-state index contributed by atoms with van der Waals surface area (Å²) in [4.78, 5) is 5.26. The van der Waals surface area contributed by atoms with Gasteiger partial charge in [-0.25, -0.2) is 0 Å². The molecule has 0 amide bonds. The van der Waals surface area contributed by atoms with Crippen molar-refractivity contribution < 1.29 is 0 Å². The summed E-state index contributed by atoms with van der Waals surface area (Å²) in [5.41, 5.74) is 0. The summed E-state index contributed by atoms with van der Waals surface area (Å²) in [5.74, 6) is 0. The van der Waals surface area contributed by atoms with E-state index in [0.29, 0.717) is 0 Å². The molecule has 1 fully saturated rings. The minimum Gasteiger partial charge on any atom is -0.289 e. The van der Waals surface area contributed by atoms with Crippen LogP contribution in [-0.2, 0) is 0 Å². The highest BCUT2D eigenvalue weighted by Gasteiger charge is 2.17. The van der Waals surface area contributed by atoms with E-state index in [0.717, 1.165) is 0 Å². The van der Waals surface area contributed by atoms with Crippen molar-refractivity contribution in [3.05, 3.63) is 0 Å². The van der Waals surface area contributed by atoms with Crippen LogP contribution in [0.5, 0.6) is 0 Å². The van der Waals surface area contributed by atoms with Gasteiger partial charge in [-0.05, 0) is 25.9 Å². The Labute approximate surface area is 121 Å². The van der Waals surface area contributed by atoms with E-state index in [9.17, 15) is 0 Å². The number of hydrogen-bond acceptors (Lipinski definition) is 2. The van der Waals surface area contributed by atoms with Crippen LogP contribution >= 0.6 is 0 Å². The molecule has 1 saturated heterocycles. The van der Waals surface area contributed by atoms with Crippen molar-refractivity contribution >= 4 is 0 Å². The summed E-state index contributed by atoms with van der Waals surface area (Å²) in [5, 5.41) is 0. The third-order valence-electron chi connectivity index (χ3n) is 4.29. The van der Waals surface area contributed by atoms with Crippen molar-refractivity contribution in [3.8, 4) is 0 Å². The molecule has 0 radical (unpaired) electrons. The van der Waals surface area contributed by atoms with Crippen LogP contribution < -0.4 is 0 Å². The Morgan fingerprint density at radius 3 is 1.63 bits per heavy atom. The fourth-order valence-electron chi connectivity index (χ4n) is 2.92. The Morgan fingerprint density at radius 1 is 0.579 bits per heavy atom. The topological polar surface area (TPSA) is 6.48 Å². The molecule has 2 heteroatoms. The van der Waals surface area contributed by atoms with E-state index in [1.54, 1.807) is 0 Å². The van der Waals surface area contributed by atoms with Gasteiger partial charge in [0.15, 0.2) is 0 Å². The van der Waals surface area contributed by atoms with Gasteiger partial charge in [0, 0.05) is 13.1 Å². The molecule has 0 saturated carbocycles. The SMILES string of the molecule is CCCCCCCCCCN1CCN(CCCC)C1. The average molecular weight is 268 g/mol. The maximum absolute atomic E-state index is 2.65. The van der Waals surface area contributed by atoms with Crippen LogP contribution in [-0.4, -0.2) is 42.6 Å². The molecule has 1 heterocycles. The van der Waals surface area contributed by atoms with E-state index in [-0.39, 0.29) is 0 Å². The Bertz CT molecular complexity index is 194. The molecule has 0 aromatic carbocycles. The number of rotatable bonds is 12. The fourth-order valence-corrected chi connectivity index (χ4v) is 2.92. The molecular weight excluding hydrogens is 232 g/mol. The molecule has 19 heavy (non-hydrogen) atoms. The van der Waals surface area contributed by atoms with Gasteiger partial charge in [-0.2, -0.15) is 0 Å². The van der Waals surface area contributed by atoms with Crippen molar-refractivity contribution in [1.29, 1.82) is 0 Å². The van der Waals surface area contributed by atoms with Crippen molar-refractivity contribution in [2.75, 3.05) is 32.8 Å². The van der Waals surface area contributed by atoms with Crippen LogP contribution in [0.15, 0.2) is 0 Å². The molecular formula is C17H36N2. The van der Waals surface area contributed by atoms with E-state index >= 15 is 0 Å². The molecule has 0 spiro atoms. The highest BCUT2D eigenvalue weighted by molar-refractivity contribution is 4.70. The second-order valence-corrected chi connectivity index (χ2v) is 6.21. The van der Waals surface area contributed by atoms with E-state index in [1.807, 2.05) is 0 Å². The maximum atomic E-state index is 2.65. The lowest BCUT2D eigenvalue weighted by molar-refractivity contribution is 0.240. The maximum Gasteiger partial charge on any atom is 0.0507 e. The Kier molecular flexibility index (Phi) is 10.5. The second kappa shape index (κ2) is 11.7. The molecule has 2 nitrogen and oxygen atoms in total. The molecule has 0 aromatic heterocycles. The molecule has 0 unspecified atom stereocenters. The molecule has 0 aromatic rings. The zero-order valence-electron chi connectivity index (χ0n) is 13.5. The largest absolute Gasteiger partial charge is 0.289 e. The van der Waals surface area contributed by atoms with Crippen LogP contribution in [0.3, 0.4) is 0 Å². The molecule has 1 aliphatic rings. The lowest BCUT2D eigenvalue weighted by Gasteiger charge is -2.17. The van der Waals surface area contributed by atoms with Crippen molar-refractivity contribution in [3.63, 3.8) is 0 Å². The standard InChI is InChI=1S/C17H36N2/c1-3-5-7-8-9-10-11-12-14-19-16-15-18(17-19)13-6-4-2/h3-17H2,1-2H3. The Balaban J connectivity index is 1.85. The van der Waals surface area contributed by atoms with Crippen LogP contribution in [0.1, 0.15) is 78.1 Å². The molecule has 1 rings (SSSR count). The minimum absolute atomic E-state index is 1.23. The summed E-state index contributed by atoms with van der Waals surface area (Å²) in [6, 6.07) is 0. The Morgan fingerprint density at radius 2 is 1.05 bits per heavy atom. The normalized spacial score (nSPS) is 17.4. The summed E-state index contributed by atoms with van der Waals surface area (Å²) in [6.07, 6.45) is 14.2. The predicted octanol–water partition coefficient (Wildman–Crippen LogP) is 4.50. The number of hydrogen-bond donors (Lipinski definition) is 0. The summed E-state index contributed by atoms with van der Waals surface area (Å²) in [6.45, 7) is 11.1. The number of unbranched alkanes of at least 4 members (excludes halogenated alkanes) is 8. The summed E-state index contributed by atoms with van der Waals surface area (Å²) >= 11 is 0. The van der Waals surface area contributed by atoms with E-state index in [4.69, 9.17) is 0 Å². The van der Waals surface area contributed by atoms with Gasteiger partial charge in [0.2, 0.25) is 0 Å². The zero-order valence-corrected chi connectivity index (χ0v) is 13.5. The van der Waals surface area contributed by atoms with Crippen molar-refractivity contribution in [1.82, 2.24) is 9.80 Å². The van der Waals surface area contributed by atoms with Gasteiger partial charge in [0.25, 0.3) is 0 Å². The first-order chi connectivity index (χ1) is 9.36. The average Bonchev–Trinajstić information content (AvgIpc) is 2.87. The fraction of sp³-hybridized carbons (Fsp3) is 1.00. The molecule has 0 atom stereocenters. The van der Waals surface area contributed by atoms with Gasteiger partial charge < -0.3 is 0 Å². The van der Waals surface area contributed by atoms with E-state index in [1.165, 1.54) is 97.1 Å². The highest BCUT2D eigenvalue weighted by atomic mass is 15.4. The molecule has 114 valence electrons. The summed E-state index contributed by atoms with van der Waals surface area (Å²) in [7, 11) is 0. The first kappa shape index (κ1) is 17.0. The molecule has 0 N–H and O–H groups in total. The van der Waals surface area contributed by atoms with Crippen molar-refractivity contribution in [2.24, 2.45) is 0 Å². The molecule has 0 aliphatic carbocycles. The van der Waals surface area contributed by atoms with Gasteiger partial charge in [0.1, 0.15) is 0 Å². The van der Waals surface area contributed by atoms with E-state index in [2.05, 4.69) is 23.6 Å². The lowest BCUT2D eigenvalue weighted by Crippen LogP contribution is -2.27. The lowest BCUT2D eigenvalue weighted by atomic mass is 10.1. The van der Waals surface area contributed by atoms with Gasteiger partial charge in [0.05, 0.1) is 6.67 Å². The van der Waals surface area contributed by atoms with Crippen LogP contribution in [0.2, 0.25) is 0 Å². The first-order valence-electron chi connectivity index (χ1n) is 8.81. The first-order valence-corrected chi connectivity index (χ1v) is 8.81. The smallest absolute Gasteiger partial charge is 0.0507 e. The van der Waals surface area contributed by atoms with E-state index < -0.39 is 0 Å². The molecule has 0 bridgehead atoms. The van der Waals surface area contributed by atoms with Crippen molar-refractivity contribution in [2.45, 2.75) is 78.1 Å². The van der Waals surface area contributed by atoms with Crippen LogP contribution in [0, 0.1) is 0 Å². The monoisotopic (exact) mass is 268 g/mol. The Hall–Kier alpha value is -0.0800. The van der Waals surface area contributed by atoms with Gasteiger partial charge in [-0.1, -0.05) is 65.2 Å². The van der Waals surface area contributed by atoms with Gasteiger partial charge in [-0.3, -0.25) is 9.80 Å². The second-order valence-electron chi connectivity index (χ2n) is 6.21. The minimum atomic E-state index is 1.23. The quantitative estimate of drug-likeness (QED) is 0.481. The predicted molar refractivity (Wildman–Crippen MR) is 85.5 cm³/mol. The van der Waals surface area contributed by atoms with Gasteiger partial charge >= 0.3 is 0 Å². The zero-order chi connectivity index (χ0) is 13.8. The molecule has 1 aliphatic heterocycles.